The summed E-state index contributed by atoms with van der Waals surface area (Å²) < 4.78 is 11.2. The molecule has 2 aromatic rings. The number of benzene rings is 2. The van der Waals surface area contributed by atoms with Crippen LogP contribution in [0.1, 0.15) is 29.5 Å². The van der Waals surface area contributed by atoms with E-state index in [2.05, 4.69) is 25.1 Å². The van der Waals surface area contributed by atoms with Crippen molar-refractivity contribution in [3.8, 4) is 11.5 Å². The van der Waals surface area contributed by atoms with Crippen LogP contribution < -0.4 is 15.2 Å². The van der Waals surface area contributed by atoms with E-state index in [1.54, 1.807) is 7.11 Å². The Morgan fingerprint density at radius 2 is 1.86 bits per heavy atom. The predicted molar refractivity (Wildman–Crippen MR) is 90.8 cm³/mol. The summed E-state index contributed by atoms with van der Waals surface area (Å²) in [7, 11) is 1.70. The molecular weight excluding hydrogens is 274 g/mol. The zero-order valence-electron chi connectivity index (χ0n) is 13.6. The van der Waals surface area contributed by atoms with Crippen LogP contribution in [0.3, 0.4) is 0 Å². The minimum absolute atomic E-state index is 0.205. The lowest BCUT2D eigenvalue weighted by Gasteiger charge is -2.20. The summed E-state index contributed by atoms with van der Waals surface area (Å²) in [6.45, 7) is 5.32. The van der Waals surface area contributed by atoms with Crippen LogP contribution >= 0.6 is 0 Å². The molecule has 0 heterocycles. The monoisotopic (exact) mass is 299 g/mol. The molecule has 2 aromatic carbocycles. The first-order valence-corrected chi connectivity index (χ1v) is 7.74. The summed E-state index contributed by atoms with van der Waals surface area (Å²) in [6, 6.07) is 14.4. The van der Waals surface area contributed by atoms with Gasteiger partial charge in [0.25, 0.3) is 0 Å². The summed E-state index contributed by atoms with van der Waals surface area (Å²) >= 11 is 0. The van der Waals surface area contributed by atoms with Gasteiger partial charge in [0.1, 0.15) is 11.5 Å². The third kappa shape index (κ3) is 3.80. The molecule has 0 aromatic heterocycles. The highest BCUT2D eigenvalue weighted by atomic mass is 16.5. The van der Waals surface area contributed by atoms with Crippen LogP contribution in [0.4, 0.5) is 0 Å². The Hall–Kier alpha value is -2.00. The molecule has 1 unspecified atom stereocenters. The molecule has 3 nitrogen and oxygen atoms in total. The second-order valence-electron chi connectivity index (χ2n) is 5.42. The van der Waals surface area contributed by atoms with Gasteiger partial charge in [-0.15, -0.1) is 0 Å². The Bertz CT molecular complexity index is 610. The number of para-hydroxylation sites is 1. The van der Waals surface area contributed by atoms with Crippen molar-refractivity contribution in [2.45, 2.75) is 26.2 Å². The lowest BCUT2D eigenvalue weighted by molar-refractivity contribution is 0.335. The van der Waals surface area contributed by atoms with Crippen LogP contribution in [0, 0.1) is 6.92 Å². The molecule has 2 N–H and O–H groups in total. The van der Waals surface area contributed by atoms with E-state index in [-0.39, 0.29) is 5.92 Å². The topological polar surface area (TPSA) is 44.5 Å². The SMILES string of the molecule is CCOc1ccccc1CC(CN)c1cc(C)ccc1OC. The Morgan fingerprint density at radius 1 is 1.09 bits per heavy atom. The Labute approximate surface area is 133 Å². The fourth-order valence-electron chi connectivity index (χ4n) is 2.73. The van der Waals surface area contributed by atoms with Crippen molar-refractivity contribution in [3.05, 3.63) is 59.2 Å². The van der Waals surface area contributed by atoms with Gasteiger partial charge in [0.2, 0.25) is 0 Å². The van der Waals surface area contributed by atoms with Crippen LogP contribution in [0.15, 0.2) is 42.5 Å². The van der Waals surface area contributed by atoms with Crippen molar-refractivity contribution in [3.63, 3.8) is 0 Å². The molecule has 0 fully saturated rings. The molecular formula is C19H25NO2. The highest BCUT2D eigenvalue weighted by Gasteiger charge is 2.17. The lowest BCUT2D eigenvalue weighted by atomic mass is 9.90. The number of aryl methyl sites for hydroxylation is 1. The normalized spacial score (nSPS) is 12.0. The van der Waals surface area contributed by atoms with Crippen LogP contribution in [0.2, 0.25) is 0 Å². The van der Waals surface area contributed by atoms with Crippen molar-refractivity contribution in [1.29, 1.82) is 0 Å². The second-order valence-corrected chi connectivity index (χ2v) is 5.42. The zero-order valence-corrected chi connectivity index (χ0v) is 13.6. The number of hydrogen-bond donors (Lipinski definition) is 1. The van der Waals surface area contributed by atoms with Crippen LogP contribution in [0.5, 0.6) is 11.5 Å². The van der Waals surface area contributed by atoms with Gasteiger partial charge >= 0.3 is 0 Å². The van der Waals surface area contributed by atoms with Gasteiger partial charge in [-0.05, 0) is 50.1 Å². The van der Waals surface area contributed by atoms with Crippen molar-refractivity contribution in [2.75, 3.05) is 20.3 Å². The molecule has 2 rings (SSSR count). The van der Waals surface area contributed by atoms with E-state index >= 15 is 0 Å². The van der Waals surface area contributed by atoms with Gasteiger partial charge in [0.05, 0.1) is 13.7 Å². The van der Waals surface area contributed by atoms with E-state index in [1.165, 1.54) is 11.1 Å². The maximum absolute atomic E-state index is 6.05. The highest BCUT2D eigenvalue weighted by molar-refractivity contribution is 5.42. The fraction of sp³-hybridized carbons (Fsp3) is 0.368. The zero-order chi connectivity index (χ0) is 15.9. The molecule has 0 amide bonds. The van der Waals surface area contributed by atoms with Crippen LogP contribution in [0.25, 0.3) is 0 Å². The Balaban J connectivity index is 2.32. The molecule has 0 saturated carbocycles. The maximum Gasteiger partial charge on any atom is 0.122 e. The number of rotatable bonds is 7. The van der Waals surface area contributed by atoms with E-state index in [4.69, 9.17) is 15.2 Å². The van der Waals surface area contributed by atoms with Crippen LogP contribution in [-0.2, 0) is 6.42 Å². The molecule has 0 aliphatic heterocycles. The van der Waals surface area contributed by atoms with Gasteiger partial charge in [-0.2, -0.15) is 0 Å². The smallest absolute Gasteiger partial charge is 0.122 e. The average molecular weight is 299 g/mol. The van der Waals surface area contributed by atoms with E-state index < -0.39 is 0 Å². The minimum atomic E-state index is 0.205. The molecule has 0 aliphatic carbocycles. The molecule has 0 radical (unpaired) electrons. The van der Waals surface area contributed by atoms with E-state index in [0.717, 1.165) is 23.5 Å². The van der Waals surface area contributed by atoms with Crippen molar-refractivity contribution in [1.82, 2.24) is 0 Å². The highest BCUT2D eigenvalue weighted by Crippen LogP contribution is 2.32. The summed E-state index contributed by atoms with van der Waals surface area (Å²) in [6.07, 6.45) is 0.840. The van der Waals surface area contributed by atoms with Gasteiger partial charge in [-0.25, -0.2) is 0 Å². The number of hydrogen-bond acceptors (Lipinski definition) is 3. The van der Waals surface area contributed by atoms with Gasteiger partial charge in [0.15, 0.2) is 0 Å². The molecule has 0 bridgehead atoms. The summed E-state index contributed by atoms with van der Waals surface area (Å²) in [5.74, 6) is 2.04. The molecule has 0 aliphatic rings. The van der Waals surface area contributed by atoms with Gasteiger partial charge < -0.3 is 15.2 Å². The van der Waals surface area contributed by atoms with Crippen molar-refractivity contribution >= 4 is 0 Å². The quantitative estimate of drug-likeness (QED) is 0.848. The first kappa shape index (κ1) is 16.4. The second kappa shape index (κ2) is 7.85. The molecule has 0 spiro atoms. The molecule has 22 heavy (non-hydrogen) atoms. The van der Waals surface area contributed by atoms with Gasteiger partial charge in [0, 0.05) is 5.92 Å². The third-order valence-corrected chi connectivity index (χ3v) is 3.85. The van der Waals surface area contributed by atoms with E-state index in [1.807, 2.05) is 31.2 Å². The van der Waals surface area contributed by atoms with Crippen molar-refractivity contribution in [2.24, 2.45) is 5.73 Å². The van der Waals surface area contributed by atoms with Crippen LogP contribution in [-0.4, -0.2) is 20.3 Å². The third-order valence-electron chi connectivity index (χ3n) is 3.85. The minimum Gasteiger partial charge on any atom is -0.496 e. The summed E-state index contributed by atoms with van der Waals surface area (Å²) in [4.78, 5) is 0. The number of ether oxygens (including phenoxy) is 2. The van der Waals surface area contributed by atoms with Gasteiger partial charge in [-0.3, -0.25) is 0 Å². The first-order chi connectivity index (χ1) is 10.7. The summed E-state index contributed by atoms with van der Waals surface area (Å²) in [5.41, 5.74) is 9.62. The van der Waals surface area contributed by atoms with Gasteiger partial charge in [-0.1, -0.05) is 35.9 Å². The molecule has 3 heteroatoms. The summed E-state index contributed by atoms with van der Waals surface area (Å²) in [5, 5.41) is 0. The molecule has 0 saturated heterocycles. The van der Waals surface area contributed by atoms with E-state index in [0.29, 0.717) is 13.2 Å². The standard InChI is InChI=1S/C19H25NO2/c1-4-22-18-8-6-5-7-15(18)12-16(13-20)17-11-14(2)9-10-19(17)21-3/h5-11,16H,4,12-13,20H2,1-3H3. The van der Waals surface area contributed by atoms with Crippen molar-refractivity contribution < 1.29 is 9.47 Å². The Kier molecular flexibility index (Phi) is 5.84. The molecule has 1 atom stereocenters. The number of nitrogens with two attached hydrogens (primary N) is 1. The molecule has 118 valence electrons. The maximum atomic E-state index is 6.05. The fourth-order valence-corrected chi connectivity index (χ4v) is 2.73. The largest absolute Gasteiger partial charge is 0.496 e. The lowest BCUT2D eigenvalue weighted by Crippen LogP contribution is -2.16. The first-order valence-electron chi connectivity index (χ1n) is 7.74. The van der Waals surface area contributed by atoms with E-state index in [9.17, 15) is 0 Å². The Morgan fingerprint density at radius 3 is 2.55 bits per heavy atom. The number of methoxy groups -OCH3 is 1. The predicted octanol–water partition coefficient (Wildman–Crippen LogP) is 3.69. The average Bonchev–Trinajstić information content (AvgIpc) is 2.54.